The molecule has 3 nitrogen and oxygen atoms in total. The van der Waals surface area contributed by atoms with E-state index in [1.165, 1.54) is 75.4 Å². The van der Waals surface area contributed by atoms with Crippen molar-refractivity contribution in [1.82, 2.24) is 10.2 Å². The van der Waals surface area contributed by atoms with Gasteiger partial charge in [-0.3, -0.25) is 9.89 Å². The first-order valence-corrected chi connectivity index (χ1v) is 9.96. The van der Waals surface area contributed by atoms with Crippen molar-refractivity contribution >= 4 is 16.9 Å². The van der Waals surface area contributed by atoms with E-state index in [0.29, 0.717) is 11.6 Å². The van der Waals surface area contributed by atoms with Gasteiger partial charge in [0.15, 0.2) is 5.17 Å². The van der Waals surface area contributed by atoms with Crippen LogP contribution in [0.5, 0.6) is 0 Å². The van der Waals surface area contributed by atoms with E-state index in [-0.39, 0.29) is 0 Å². The summed E-state index contributed by atoms with van der Waals surface area (Å²) in [6, 6.07) is 1.31. The van der Waals surface area contributed by atoms with Gasteiger partial charge in [-0.15, -0.1) is 0 Å². The Bertz CT molecular complexity index is 424. The lowest BCUT2D eigenvalue weighted by Crippen LogP contribution is -2.47. The van der Waals surface area contributed by atoms with Crippen LogP contribution in [0.1, 0.15) is 58.3 Å². The third-order valence-electron chi connectivity index (χ3n) is 6.05. The van der Waals surface area contributed by atoms with E-state index in [4.69, 9.17) is 4.99 Å². The minimum Gasteiger partial charge on any atom is -0.359 e. The van der Waals surface area contributed by atoms with Gasteiger partial charge in [0.2, 0.25) is 0 Å². The Labute approximate surface area is 133 Å². The quantitative estimate of drug-likeness (QED) is 0.806. The number of rotatable bonds is 1. The van der Waals surface area contributed by atoms with Gasteiger partial charge in [-0.25, -0.2) is 0 Å². The van der Waals surface area contributed by atoms with E-state index in [9.17, 15) is 0 Å². The molecule has 4 unspecified atom stereocenters. The maximum absolute atomic E-state index is 5.16. The zero-order chi connectivity index (χ0) is 14.3. The van der Waals surface area contributed by atoms with E-state index in [1.54, 1.807) is 0 Å². The van der Waals surface area contributed by atoms with Gasteiger partial charge in [-0.2, -0.15) is 0 Å². The number of nitrogens with zero attached hydrogens (tertiary/aromatic N) is 2. The molecular formula is C17H29N3S. The van der Waals surface area contributed by atoms with Gasteiger partial charge >= 0.3 is 0 Å². The van der Waals surface area contributed by atoms with Gasteiger partial charge in [0, 0.05) is 23.9 Å². The largest absolute Gasteiger partial charge is 0.359 e. The predicted octanol–water partition coefficient (Wildman–Crippen LogP) is 3.25. The molecule has 1 aliphatic carbocycles. The van der Waals surface area contributed by atoms with Gasteiger partial charge in [0.05, 0.1) is 6.04 Å². The first-order valence-electron chi connectivity index (χ1n) is 8.97. The number of hydrogen-bond donors (Lipinski definition) is 1. The lowest BCUT2D eigenvalue weighted by Gasteiger charge is -2.36. The second-order valence-electron chi connectivity index (χ2n) is 7.78. The molecule has 1 N–H and O–H groups in total. The Morgan fingerprint density at radius 1 is 1.19 bits per heavy atom. The molecule has 4 aliphatic rings. The summed E-state index contributed by atoms with van der Waals surface area (Å²) in [5, 5.41) is 5.12. The number of nitrogens with one attached hydrogen (secondary N) is 1. The standard InChI is InChI=1S/C17H29N3S/c1-13-5-4-8-17(11-13)12-21-16(19-17)18-14-7-10-20-9-3-2-6-15(14)20/h13-15H,2-12H2,1H3,(H,18,19). The highest BCUT2D eigenvalue weighted by molar-refractivity contribution is 8.14. The molecule has 21 heavy (non-hydrogen) atoms. The lowest BCUT2D eigenvalue weighted by atomic mass is 9.78. The summed E-state index contributed by atoms with van der Waals surface area (Å²) < 4.78 is 0. The van der Waals surface area contributed by atoms with E-state index in [0.717, 1.165) is 12.0 Å². The molecule has 0 bridgehead atoms. The molecule has 0 aromatic rings. The molecule has 118 valence electrons. The second kappa shape index (κ2) is 5.77. The summed E-state index contributed by atoms with van der Waals surface area (Å²) in [5.74, 6) is 2.13. The predicted molar refractivity (Wildman–Crippen MR) is 91.0 cm³/mol. The van der Waals surface area contributed by atoms with Crippen molar-refractivity contribution in [2.45, 2.75) is 75.9 Å². The molecule has 0 radical (unpaired) electrons. The fraction of sp³-hybridized carbons (Fsp3) is 0.941. The molecule has 0 amide bonds. The first-order chi connectivity index (χ1) is 10.2. The fourth-order valence-corrected chi connectivity index (χ4v) is 6.25. The van der Waals surface area contributed by atoms with Crippen LogP contribution in [0, 0.1) is 5.92 Å². The van der Waals surface area contributed by atoms with Crippen LogP contribution < -0.4 is 5.32 Å². The summed E-state index contributed by atoms with van der Waals surface area (Å²) in [6.45, 7) is 5.01. The molecule has 3 heterocycles. The molecule has 3 saturated heterocycles. The van der Waals surface area contributed by atoms with Crippen LogP contribution in [-0.2, 0) is 0 Å². The van der Waals surface area contributed by atoms with Crippen LogP contribution in [0.3, 0.4) is 0 Å². The number of thioether (sulfide) groups is 1. The van der Waals surface area contributed by atoms with Crippen LogP contribution >= 0.6 is 11.8 Å². The summed E-state index contributed by atoms with van der Waals surface area (Å²) in [6.07, 6.45) is 11.0. The first kappa shape index (κ1) is 14.4. The third-order valence-corrected chi connectivity index (χ3v) is 7.23. The van der Waals surface area contributed by atoms with Crippen LogP contribution in [-0.4, -0.2) is 46.5 Å². The minimum atomic E-state index is 0.381. The molecule has 4 rings (SSSR count). The monoisotopic (exact) mass is 307 g/mol. The molecule has 4 fully saturated rings. The SMILES string of the molecule is CC1CCCC2(CSC(=NC3CCN4CCCCC34)N2)C1. The van der Waals surface area contributed by atoms with Crippen LogP contribution in [0.15, 0.2) is 4.99 Å². The third kappa shape index (κ3) is 2.86. The molecule has 0 aromatic carbocycles. The number of fused-ring (bicyclic) bond motifs is 1. The van der Waals surface area contributed by atoms with E-state index >= 15 is 0 Å². The Morgan fingerprint density at radius 3 is 3.05 bits per heavy atom. The average molecular weight is 308 g/mol. The number of aliphatic imine (C=N–C) groups is 1. The molecule has 0 aromatic heterocycles. The fourth-order valence-electron chi connectivity index (χ4n) is 5.00. The van der Waals surface area contributed by atoms with Gasteiger partial charge < -0.3 is 5.32 Å². The van der Waals surface area contributed by atoms with Gasteiger partial charge in [0.1, 0.15) is 0 Å². The van der Waals surface area contributed by atoms with Crippen LogP contribution in [0.2, 0.25) is 0 Å². The zero-order valence-corrected chi connectivity index (χ0v) is 14.1. The summed E-state index contributed by atoms with van der Waals surface area (Å²) in [4.78, 5) is 7.85. The lowest BCUT2D eigenvalue weighted by molar-refractivity contribution is 0.189. The highest BCUT2D eigenvalue weighted by Crippen LogP contribution is 2.39. The van der Waals surface area contributed by atoms with E-state index in [1.807, 2.05) is 11.8 Å². The number of hydrogen-bond acceptors (Lipinski definition) is 3. The topological polar surface area (TPSA) is 27.6 Å². The van der Waals surface area contributed by atoms with Crippen LogP contribution in [0.4, 0.5) is 0 Å². The van der Waals surface area contributed by atoms with Crippen molar-refractivity contribution < 1.29 is 0 Å². The van der Waals surface area contributed by atoms with Crippen molar-refractivity contribution in [3.8, 4) is 0 Å². The Morgan fingerprint density at radius 2 is 2.14 bits per heavy atom. The Balaban J connectivity index is 1.43. The molecule has 1 spiro atoms. The van der Waals surface area contributed by atoms with Gasteiger partial charge in [0.25, 0.3) is 0 Å². The smallest absolute Gasteiger partial charge is 0.157 e. The Kier molecular flexibility index (Phi) is 3.95. The van der Waals surface area contributed by atoms with Crippen molar-refractivity contribution in [2.75, 3.05) is 18.8 Å². The normalized spacial score (nSPS) is 46.0. The van der Waals surface area contributed by atoms with Crippen molar-refractivity contribution in [2.24, 2.45) is 10.9 Å². The van der Waals surface area contributed by atoms with Crippen molar-refractivity contribution in [3.63, 3.8) is 0 Å². The van der Waals surface area contributed by atoms with Crippen molar-refractivity contribution in [1.29, 1.82) is 0 Å². The van der Waals surface area contributed by atoms with Crippen LogP contribution in [0.25, 0.3) is 0 Å². The molecule has 4 heteroatoms. The molecule has 4 atom stereocenters. The zero-order valence-electron chi connectivity index (χ0n) is 13.3. The number of piperidine rings is 1. The molecule has 1 saturated carbocycles. The maximum atomic E-state index is 5.16. The highest BCUT2D eigenvalue weighted by atomic mass is 32.2. The van der Waals surface area contributed by atoms with E-state index in [2.05, 4.69) is 17.1 Å². The number of amidine groups is 1. The summed E-state index contributed by atoms with van der Waals surface area (Å²) in [5.41, 5.74) is 0.381. The summed E-state index contributed by atoms with van der Waals surface area (Å²) in [7, 11) is 0. The Hall–Kier alpha value is -0.220. The highest BCUT2D eigenvalue weighted by Gasteiger charge is 2.41. The second-order valence-corrected chi connectivity index (χ2v) is 8.75. The van der Waals surface area contributed by atoms with E-state index < -0.39 is 0 Å². The summed E-state index contributed by atoms with van der Waals surface area (Å²) >= 11 is 2.00. The van der Waals surface area contributed by atoms with Crippen molar-refractivity contribution in [3.05, 3.63) is 0 Å². The molecular weight excluding hydrogens is 278 g/mol. The van der Waals surface area contributed by atoms with Gasteiger partial charge in [-0.05, 0) is 44.6 Å². The average Bonchev–Trinajstić information content (AvgIpc) is 3.05. The maximum Gasteiger partial charge on any atom is 0.157 e. The van der Waals surface area contributed by atoms with Gasteiger partial charge in [-0.1, -0.05) is 37.9 Å². The minimum absolute atomic E-state index is 0.381. The molecule has 3 aliphatic heterocycles.